The monoisotopic (exact) mass is 279 g/mol. The minimum absolute atomic E-state index is 0.0541. The number of hydrogen-bond acceptors (Lipinski definition) is 4. The van der Waals surface area contributed by atoms with Gasteiger partial charge in [-0.05, 0) is 45.4 Å². The molecule has 1 rings (SSSR count). The van der Waals surface area contributed by atoms with Crippen LogP contribution in [0.1, 0.15) is 33.3 Å². The Morgan fingerprint density at radius 1 is 1.25 bits per heavy atom. The molecular formula is C15H21NO4. The van der Waals surface area contributed by atoms with Gasteiger partial charge in [-0.1, -0.05) is 6.07 Å². The highest BCUT2D eigenvalue weighted by atomic mass is 16.6. The van der Waals surface area contributed by atoms with Crippen molar-refractivity contribution in [2.24, 2.45) is 0 Å². The Morgan fingerprint density at radius 2 is 1.90 bits per heavy atom. The Balaban J connectivity index is 2.91. The molecule has 0 aromatic heterocycles. The normalized spacial score (nSPS) is 10.8. The van der Waals surface area contributed by atoms with E-state index < -0.39 is 11.7 Å². The van der Waals surface area contributed by atoms with Crippen LogP contribution in [0.2, 0.25) is 0 Å². The maximum atomic E-state index is 11.8. The van der Waals surface area contributed by atoms with Gasteiger partial charge >= 0.3 is 6.09 Å². The molecule has 0 fully saturated rings. The van der Waals surface area contributed by atoms with Crippen LogP contribution < -0.4 is 10.1 Å². The molecule has 0 radical (unpaired) electrons. The number of ether oxygens (including phenoxy) is 2. The third-order valence-electron chi connectivity index (χ3n) is 2.35. The number of Topliss-reactive ketones (excluding diaryl/α,β-unsaturated/α-hetero) is 1. The number of carbonyl (C=O) groups is 2. The summed E-state index contributed by atoms with van der Waals surface area (Å²) in [5.41, 5.74) is 0.721. The fourth-order valence-electron chi connectivity index (χ4n) is 1.66. The van der Waals surface area contributed by atoms with E-state index in [1.54, 1.807) is 39.0 Å². The van der Waals surface area contributed by atoms with Crippen molar-refractivity contribution in [2.75, 3.05) is 12.4 Å². The van der Waals surface area contributed by atoms with Crippen LogP contribution in [0, 0.1) is 0 Å². The van der Waals surface area contributed by atoms with Crippen LogP contribution in [0.4, 0.5) is 10.5 Å². The molecule has 110 valence electrons. The van der Waals surface area contributed by atoms with Crippen LogP contribution in [0.5, 0.6) is 5.75 Å². The molecule has 1 amide bonds. The summed E-state index contributed by atoms with van der Waals surface area (Å²) in [5, 5.41) is 2.63. The van der Waals surface area contributed by atoms with E-state index in [2.05, 4.69) is 5.32 Å². The Labute approximate surface area is 119 Å². The van der Waals surface area contributed by atoms with Gasteiger partial charge in [-0.3, -0.25) is 10.1 Å². The number of nitrogens with one attached hydrogen (secondary N) is 1. The highest BCUT2D eigenvalue weighted by Gasteiger charge is 2.17. The zero-order chi connectivity index (χ0) is 15.3. The van der Waals surface area contributed by atoms with E-state index >= 15 is 0 Å². The van der Waals surface area contributed by atoms with Crippen molar-refractivity contribution in [3.05, 3.63) is 23.8 Å². The van der Waals surface area contributed by atoms with Gasteiger partial charge in [-0.2, -0.15) is 0 Å². The maximum Gasteiger partial charge on any atom is 0.412 e. The van der Waals surface area contributed by atoms with E-state index in [0.717, 1.165) is 5.56 Å². The summed E-state index contributed by atoms with van der Waals surface area (Å²) >= 11 is 0. The summed E-state index contributed by atoms with van der Waals surface area (Å²) in [7, 11) is 1.51. The van der Waals surface area contributed by atoms with Gasteiger partial charge in [-0.15, -0.1) is 0 Å². The van der Waals surface area contributed by atoms with Gasteiger partial charge in [0.2, 0.25) is 0 Å². The Hall–Kier alpha value is -2.04. The molecule has 5 nitrogen and oxygen atoms in total. The van der Waals surface area contributed by atoms with Crippen molar-refractivity contribution < 1.29 is 19.1 Å². The zero-order valence-corrected chi connectivity index (χ0v) is 12.6. The Kier molecular flexibility index (Phi) is 5.13. The molecule has 0 aliphatic rings. The first-order chi connectivity index (χ1) is 9.21. The molecule has 5 heteroatoms. The van der Waals surface area contributed by atoms with Gasteiger partial charge < -0.3 is 9.47 Å². The van der Waals surface area contributed by atoms with Crippen LogP contribution in [0.3, 0.4) is 0 Å². The fraction of sp³-hybridized carbons (Fsp3) is 0.467. The second-order valence-corrected chi connectivity index (χ2v) is 5.54. The number of benzene rings is 1. The van der Waals surface area contributed by atoms with Gasteiger partial charge in [0.25, 0.3) is 0 Å². The molecule has 0 spiro atoms. The predicted molar refractivity (Wildman–Crippen MR) is 77.2 cm³/mol. The third-order valence-corrected chi connectivity index (χ3v) is 2.35. The number of rotatable bonds is 4. The molecule has 20 heavy (non-hydrogen) atoms. The zero-order valence-electron chi connectivity index (χ0n) is 12.6. The Bertz CT molecular complexity index is 503. The largest absolute Gasteiger partial charge is 0.495 e. The lowest BCUT2D eigenvalue weighted by molar-refractivity contribution is -0.116. The maximum absolute atomic E-state index is 11.8. The summed E-state index contributed by atoms with van der Waals surface area (Å²) < 4.78 is 10.4. The second-order valence-electron chi connectivity index (χ2n) is 5.54. The highest BCUT2D eigenvalue weighted by molar-refractivity contribution is 5.87. The van der Waals surface area contributed by atoms with Crippen LogP contribution >= 0.6 is 0 Å². The van der Waals surface area contributed by atoms with Crippen LogP contribution in [-0.4, -0.2) is 24.6 Å². The molecule has 1 N–H and O–H groups in total. The molecule has 0 atom stereocenters. The molecule has 0 saturated heterocycles. The van der Waals surface area contributed by atoms with Crippen LogP contribution in [-0.2, 0) is 16.0 Å². The molecular weight excluding hydrogens is 258 g/mol. The van der Waals surface area contributed by atoms with Crippen LogP contribution in [0.15, 0.2) is 18.2 Å². The summed E-state index contributed by atoms with van der Waals surface area (Å²) in [6.45, 7) is 6.88. The van der Waals surface area contributed by atoms with Gasteiger partial charge in [-0.25, -0.2) is 4.79 Å². The van der Waals surface area contributed by atoms with Gasteiger partial charge in [0.1, 0.15) is 17.1 Å². The molecule has 1 aromatic carbocycles. The highest BCUT2D eigenvalue weighted by Crippen LogP contribution is 2.26. The number of anilines is 1. The number of methoxy groups -OCH3 is 1. The quantitative estimate of drug-likeness (QED) is 0.919. The minimum atomic E-state index is -0.575. The summed E-state index contributed by atoms with van der Waals surface area (Å²) in [4.78, 5) is 22.9. The number of ketones is 1. The van der Waals surface area contributed by atoms with Crippen molar-refractivity contribution >= 4 is 17.6 Å². The summed E-state index contributed by atoms with van der Waals surface area (Å²) in [5.74, 6) is 0.571. The smallest absolute Gasteiger partial charge is 0.412 e. The molecule has 0 saturated carbocycles. The fourth-order valence-corrected chi connectivity index (χ4v) is 1.66. The van der Waals surface area contributed by atoms with Crippen LogP contribution in [0.25, 0.3) is 0 Å². The summed E-state index contributed by atoms with van der Waals surface area (Å²) in [6, 6.07) is 5.22. The second kappa shape index (κ2) is 6.41. The van der Waals surface area contributed by atoms with Crippen molar-refractivity contribution in [3.63, 3.8) is 0 Å². The van der Waals surface area contributed by atoms with E-state index in [9.17, 15) is 9.59 Å². The summed E-state index contributed by atoms with van der Waals surface area (Å²) in [6.07, 6.45) is -0.247. The van der Waals surface area contributed by atoms with Crippen molar-refractivity contribution in [1.82, 2.24) is 0 Å². The topological polar surface area (TPSA) is 64.6 Å². The average Bonchev–Trinajstić information content (AvgIpc) is 2.25. The molecule has 0 bridgehead atoms. The lowest BCUT2D eigenvalue weighted by Crippen LogP contribution is -2.27. The average molecular weight is 279 g/mol. The number of amides is 1. The van der Waals surface area contributed by atoms with Crippen molar-refractivity contribution in [2.45, 2.75) is 39.7 Å². The number of hydrogen-bond donors (Lipinski definition) is 1. The third kappa shape index (κ3) is 5.30. The van der Waals surface area contributed by atoms with E-state index in [-0.39, 0.29) is 5.78 Å². The van der Waals surface area contributed by atoms with E-state index in [0.29, 0.717) is 17.9 Å². The predicted octanol–water partition coefficient (Wildman–Crippen LogP) is 3.17. The Morgan fingerprint density at radius 3 is 2.40 bits per heavy atom. The molecule has 0 unspecified atom stereocenters. The SMILES string of the molecule is COc1ccc(CC(C)=O)cc1NC(=O)OC(C)(C)C. The minimum Gasteiger partial charge on any atom is -0.495 e. The standard InChI is InChI=1S/C15H21NO4/c1-10(17)8-11-6-7-13(19-5)12(9-11)16-14(18)20-15(2,3)4/h6-7,9H,8H2,1-5H3,(H,16,18). The number of carbonyl (C=O) groups excluding carboxylic acids is 2. The first-order valence-electron chi connectivity index (χ1n) is 6.37. The van der Waals surface area contributed by atoms with E-state index in [1.165, 1.54) is 14.0 Å². The molecule has 0 heterocycles. The van der Waals surface area contributed by atoms with Gasteiger partial charge in [0, 0.05) is 6.42 Å². The van der Waals surface area contributed by atoms with E-state index in [1.807, 2.05) is 0 Å². The van der Waals surface area contributed by atoms with E-state index in [4.69, 9.17) is 9.47 Å². The molecule has 0 aliphatic heterocycles. The molecule has 1 aromatic rings. The first-order valence-corrected chi connectivity index (χ1v) is 6.37. The van der Waals surface area contributed by atoms with Gasteiger partial charge in [0.05, 0.1) is 12.8 Å². The lowest BCUT2D eigenvalue weighted by Gasteiger charge is -2.20. The lowest BCUT2D eigenvalue weighted by atomic mass is 10.1. The molecule has 0 aliphatic carbocycles. The first kappa shape index (κ1) is 16.0. The van der Waals surface area contributed by atoms with Gasteiger partial charge in [0.15, 0.2) is 0 Å². The van der Waals surface area contributed by atoms with Crippen molar-refractivity contribution in [3.8, 4) is 5.75 Å². The van der Waals surface area contributed by atoms with Crippen molar-refractivity contribution in [1.29, 1.82) is 0 Å².